The number of hydrogen-bond donors (Lipinski definition) is 2. The van der Waals surface area contributed by atoms with Gasteiger partial charge in [0, 0.05) is 5.69 Å². The van der Waals surface area contributed by atoms with Crippen LogP contribution in [0.4, 0.5) is 10.5 Å². The van der Waals surface area contributed by atoms with Gasteiger partial charge >= 0.3 is 6.09 Å². The maximum absolute atomic E-state index is 12.8. The fraction of sp³-hybridized carbons (Fsp3) is 0.200. The third-order valence-electron chi connectivity index (χ3n) is 3.22. The molecule has 0 saturated carbocycles. The third-order valence-corrected chi connectivity index (χ3v) is 3.49. The number of para-hydroxylation sites is 1. The Labute approximate surface area is 132 Å². The zero-order valence-electron chi connectivity index (χ0n) is 11.5. The second-order valence-corrected chi connectivity index (χ2v) is 5.21. The van der Waals surface area contributed by atoms with Crippen molar-refractivity contribution in [3.8, 4) is 0 Å². The molecule has 6 nitrogen and oxygen atoms in total. The van der Waals surface area contributed by atoms with Crippen LogP contribution >= 0.6 is 12.6 Å². The van der Waals surface area contributed by atoms with E-state index < -0.39 is 17.6 Å². The number of carbonyl (C=O) groups is 2. The molecule has 1 fully saturated rings. The van der Waals surface area contributed by atoms with Crippen LogP contribution in [0.25, 0.3) is 0 Å². The van der Waals surface area contributed by atoms with Crippen LogP contribution in [-0.4, -0.2) is 30.1 Å². The molecule has 0 spiro atoms. The largest absolute Gasteiger partial charge is 0.483 e. The monoisotopic (exact) mass is 318 g/mol. The first kappa shape index (κ1) is 14.5. The van der Waals surface area contributed by atoms with Gasteiger partial charge in [-0.15, -0.1) is 12.6 Å². The molecule has 1 N–H and O–H groups in total. The van der Waals surface area contributed by atoms with Gasteiger partial charge in [0.05, 0.1) is 18.5 Å². The molecule has 0 aliphatic carbocycles. The molecule has 2 amide bonds. The summed E-state index contributed by atoms with van der Waals surface area (Å²) in [4.78, 5) is 25.4. The van der Waals surface area contributed by atoms with Crippen LogP contribution in [-0.2, 0) is 14.3 Å². The molecular weight excluding hydrogens is 304 g/mol. The van der Waals surface area contributed by atoms with Crippen molar-refractivity contribution in [2.24, 2.45) is 0 Å². The lowest BCUT2D eigenvalue weighted by atomic mass is 10.2. The van der Waals surface area contributed by atoms with Crippen molar-refractivity contribution in [1.82, 2.24) is 5.32 Å². The average molecular weight is 318 g/mol. The van der Waals surface area contributed by atoms with Gasteiger partial charge in [-0.1, -0.05) is 18.2 Å². The molecule has 1 saturated heterocycles. The Morgan fingerprint density at radius 3 is 2.73 bits per heavy atom. The first-order chi connectivity index (χ1) is 10.6. The van der Waals surface area contributed by atoms with Gasteiger partial charge in [0.15, 0.2) is 11.5 Å². The maximum atomic E-state index is 12.8. The number of thiol groups is 1. The number of nitrogens with zero attached hydrogens (tertiary/aromatic N) is 1. The summed E-state index contributed by atoms with van der Waals surface area (Å²) in [7, 11) is 0. The van der Waals surface area contributed by atoms with E-state index >= 15 is 0 Å². The lowest BCUT2D eigenvalue weighted by Gasteiger charge is -2.27. The van der Waals surface area contributed by atoms with Crippen LogP contribution in [0, 0.1) is 0 Å². The topological polar surface area (TPSA) is 67.9 Å². The minimum atomic E-state index is -0.858. The number of ether oxygens (including phenoxy) is 2. The molecule has 3 rings (SSSR count). The highest BCUT2D eigenvalue weighted by molar-refractivity contribution is 7.80. The zero-order chi connectivity index (χ0) is 15.5. The van der Waals surface area contributed by atoms with E-state index in [0.717, 1.165) is 0 Å². The number of anilines is 1. The Morgan fingerprint density at radius 1 is 1.32 bits per heavy atom. The van der Waals surface area contributed by atoms with Gasteiger partial charge in [0.25, 0.3) is 5.91 Å². The van der Waals surface area contributed by atoms with Crippen molar-refractivity contribution in [2.75, 3.05) is 11.4 Å². The van der Waals surface area contributed by atoms with E-state index in [4.69, 9.17) is 9.47 Å². The van der Waals surface area contributed by atoms with E-state index in [-0.39, 0.29) is 12.5 Å². The van der Waals surface area contributed by atoms with Gasteiger partial charge in [-0.2, -0.15) is 0 Å². The number of amides is 2. The second kappa shape index (κ2) is 6.15. The molecule has 2 atom stereocenters. The predicted molar refractivity (Wildman–Crippen MR) is 83.3 cm³/mol. The number of carbonyl (C=O) groups excluding carboxylic acids is 2. The van der Waals surface area contributed by atoms with Gasteiger partial charge < -0.3 is 14.8 Å². The standard InChI is InChI=1S/C15H14N2O4S/c18-14(12-9-16-15(19)21-12)17(10-4-2-1-3-5-10)11-6-7-20-13(22)8-11/h1-8,12-13,22H,9H2,(H,16,19). The number of rotatable bonds is 3. The quantitative estimate of drug-likeness (QED) is 0.834. The molecule has 22 heavy (non-hydrogen) atoms. The van der Waals surface area contributed by atoms with Gasteiger partial charge in [-0.05, 0) is 24.3 Å². The molecule has 0 aromatic heterocycles. The average Bonchev–Trinajstić information content (AvgIpc) is 2.95. The lowest BCUT2D eigenvalue weighted by Crippen LogP contribution is -2.40. The number of hydrogen-bond acceptors (Lipinski definition) is 5. The van der Waals surface area contributed by atoms with Crippen molar-refractivity contribution in [2.45, 2.75) is 11.5 Å². The summed E-state index contributed by atoms with van der Waals surface area (Å²) in [5.74, 6) is -0.331. The third kappa shape index (κ3) is 2.94. The number of alkyl carbamates (subject to hydrolysis) is 1. The van der Waals surface area contributed by atoms with Crippen molar-refractivity contribution in [3.05, 3.63) is 54.4 Å². The molecule has 2 aliphatic rings. The summed E-state index contributed by atoms with van der Waals surface area (Å²) in [6.45, 7) is 0.152. The first-order valence-electron chi connectivity index (χ1n) is 6.70. The minimum Gasteiger partial charge on any atom is -0.483 e. The summed E-state index contributed by atoms with van der Waals surface area (Å²) in [5, 5.41) is 2.48. The normalized spacial score (nSPS) is 23.1. The highest BCUT2D eigenvalue weighted by Crippen LogP contribution is 2.25. The summed E-state index contributed by atoms with van der Waals surface area (Å²) in [6.07, 6.45) is 3.41. The zero-order valence-corrected chi connectivity index (χ0v) is 12.4. The highest BCUT2D eigenvalue weighted by Gasteiger charge is 2.35. The molecule has 7 heteroatoms. The summed E-state index contributed by atoms with van der Waals surface area (Å²) < 4.78 is 10.2. The number of cyclic esters (lactones) is 1. The fourth-order valence-corrected chi connectivity index (χ4v) is 2.45. The van der Waals surface area contributed by atoms with Gasteiger partial charge in [-0.25, -0.2) is 4.79 Å². The molecule has 0 radical (unpaired) electrons. The van der Waals surface area contributed by atoms with Crippen molar-refractivity contribution in [1.29, 1.82) is 0 Å². The van der Waals surface area contributed by atoms with E-state index in [1.54, 1.807) is 24.3 Å². The number of benzene rings is 1. The van der Waals surface area contributed by atoms with Crippen molar-refractivity contribution < 1.29 is 19.1 Å². The second-order valence-electron chi connectivity index (χ2n) is 4.70. The van der Waals surface area contributed by atoms with E-state index in [2.05, 4.69) is 17.9 Å². The van der Waals surface area contributed by atoms with Gasteiger partial charge in [0.2, 0.25) is 0 Å². The van der Waals surface area contributed by atoms with Crippen LogP contribution in [0.5, 0.6) is 0 Å². The molecule has 1 aromatic rings. The Balaban J connectivity index is 1.95. The van der Waals surface area contributed by atoms with Crippen LogP contribution < -0.4 is 10.2 Å². The summed E-state index contributed by atoms with van der Waals surface area (Å²) >= 11 is 4.23. The molecule has 2 heterocycles. The van der Waals surface area contributed by atoms with E-state index in [0.29, 0.717) is 11.4 Å². The van der Waals surface area contributed by atoms with E-state index in [9.17, 15) is 9.59 Å². The molecule has 2 unspecified atom stereocenters. The first-order valence-corrected chi connectivity index (χ1v) is 7.22. The fourth-order valence-electron chi connectivity index (χ4n) is 2.23. The highest BCUT2D eigenvalue weighted by atomic mass is 32.1. The number of allylic oxidation sites excluding steroid dienone is 1. The Bertz CT molecular complexity index is 644. The van der Waals surface area contributed by atoms with Crippen LogP contribution in [0.3, 0.4) is 0 Å². The Hall–Kier alpha value is -2.41. The van der Waals surface area contributed by atoms with Crippen LogP contribution in [0.2, 0.25) is 0 Å². The molecule has 2 aliphatic heterocycles. The minimum absolute atomic E-state index is 0.152. The summed E-state index contributed by atoms with van der Waals surface area (Å²) in [5.41, 5.74) is 0.849. The number of nitrogens with one attached hydrogen (secondary N) is 1. The SMILES string of the molecule is O=C1NCC(C(=O)N(C2=CC(S)OC=C2)c2ccccc2)O1. The summed E-state index contributed by atoms with van der Waals surface area (Å²) in [6, 6.07) is 9.13. The molecule has 114 valence electrons. The molecule has 1 aromatic carbocycles. The van der Waals surface area contributed by atoms with Crippen LogP contribution in [0.1, 0.15) is 0 Å². The molecular formula is C15H14N2O4S. The van der Waals surface area contributed by atoms with Crippen LogP contribution in [0.15, 0.2) is 54.4 Å². The van der Waals surface area contributed by atoms with Gasteiger partial charge in [-0.3, -0.25) is 9.69 Å². The Morgan fingerprint density at radius 2 is 2.09 bits per heavy atom. The maximum Gasteiger partial charge on any atom is 0.408 e. The van der Waals surface area contributed by atoms with Gasteiger partial charge in [0.1, 0.15) is 0 Å². The molecule has 0 bridgehead atoms. The van der Waals surface area contributed by atoms with E-state index in [1.807, 2.05) is 18.2 Å². The lowest BCUT2D eigenvalue weighted by molar-refractivity contribution is -0.124. The van der Waals surface area contributed by atoms with Crippen molar-refractivity contribution >= 4 is 30.3 Å². The Kier molecular flexibility index (Phi) is 4.06. The smallest absolute Gasteiger partial charge is 0.408 e. The van der Waals surface area contributed by atoms with Crippen molar-refractivity contribution in [3.63, 3.8) is 0 Å². The van der Waals surface area contributed by atoms with E-state index in [1.165, 1.54) is 11.2 Å². The predicted octanol–water partition coefficient (Wildman–Crippen LogP) is 1.81.